The third-order valence-corrected chi connectivity index (χ3v) is 3.20. The van der Waals surface area contributed by atoms with Gasteiger partial charge in [-0.25, -0.2) is 4.98 Å². The highest BCUT2D eigenvalue weighted by Crippen LogP contribution is 2.19. The van der Waals surface area contributed by atoms with Gasteiger partial charge in [-0.2, -0.15) is 0 Å². The Morgan fingerprint density at radius 3 is 3.11 bits per heavy atom. The summed E-state index contributed by atoms with van der Waals surface area (Å²) in [7, 11) is 0. The Bertz CT molecular complexity index is 717. The van der Waals surface area contributed by atoms with Crippen LogP contribution in [0.5, 0.6) is 0 Å². The molecule has 18 heavy (non-hydrogen) atoms. The van der Waals surface area contributed by atoms with Crippen molar-refractivity contribution in [2.45, 2.75) is 6.92 Å². The van der Waals surface area contributed by atoms with E-state index in [0.717, 1.165) is 10.4 Å². The van der Waals surface area contributed by atoms with Crippen LogP contribution < -0.4 is 5.32 Å². The number of pyridine rings is 1. The molecule has 0 aliphatic heterocycles. The van der Waals surface area contributed by atoms with Crippen LogP contribution in [-0.4, -0.2) is 26.1 Å². The van der Waals surface area contributed by atoms with Gasteiger partial charge in [-0.05, 0) is 19.1 Å². The molecule has 0 atom stereocenters. The topological polar surface area (TPSA) is 83.6 Å². The van der Waals surface area contributed by atoms with Gasteiger partial charge in [0.05, 0.1) is 5.56 Å². The van der Waals surface area contributed by atoms with Crippen LogP contribution in [0, 0.1) is 6.92 Å². The molecule has 0 radical (unpaired) electrons. The summed E-state index contributed by atoms with van der Waals surface area (Å²) < 4.78 is 0. The number of carbonyl (C=O) groups is 1. The zero-order valence-corrected chi connectivity index (χ0v) is 10.3. The smallest absolute Gasteiger partial charge is 0.259 e. The number of aryl methyl sites for hydroxylation is 1. The summed E-state index contributed by atoms with van der Waals surface area (Å²) in [4.78, 5) is 19.2. The number of hydrogen-bond acceptors (Lipinski definition) is 5. The van der Waals surface area contributed by atoms with Crippen molar-refractivity contribution >= 4 is 33.4 Å². The molecule has 3 aromatic rings. The van der Waals surface area contributed by atoms with E-state index >= 15 is 0 Å². The lowest BCUT2D eigenvalue weighted by molar-refractivity contribution is 0.102. The van der Waals surface area contributed by atoms with E-state index in [1.54, 1.807) is 18.5 Å². The normalized spacial score (nSPS) is 10.7. The van der Waals surface area contributed by atoms with Crippen molar-refractivity contribution in [3.63, 3.8) is 0 Å². The van der Waals surface area contributed by atoms with Crippen LogP contribution in [0.2, 0.25) is 0 Å². The van der Waals surface area contributed by atoms with Crippen molar-refractivity contribution in [1.82, 2.24) is 20.2 Å². The molecule has 0 spiro atoms. The Balaban J connectivity index is 1.92. The molecule has 3 heterocycles. The molecule has 0 saturated carbocycles. The molecule has 3 rings (SSSR count). The summed E-state index contributed by atoms with van der Waals surface area (Å²) in [5.74, 6) is -0.217. The van der Waals surface area contributed by atoms with E-state index < -0.39 is 0 Å². The van der Waals surface area contributed by atoms with Gasteiger partial charge in [0.2, 0.25) is 5.13 Å². The van der Waals surface area contributed by atoms with Gasteiger partial charge in [0.25, 0.3) is 5.91 Å². The number of amides is 1. The molecule has 7 heteroatoms. The number of aromatic amines is 1. The molecule has 0 aromatic carbocycles. The van der Waals surface area contributed by atoms with Crippen LogP contribution in [0.25, 0.3) is 11.0 Å². The molecule has 6 nitrogen and oxygen atoms in total. The van der Waals surface area contributed by atoms with Crippen molar-refractivity contribution in [3.8, 4) is 0 Å². The molecule has 1 amide bonds. The SMILES string of the molecule is Cc1nnc(NC(=O)c2c[nH]c3ncccc23)s1. The maximum atomic E-state index is 12.1. The Labute approximate surface area is 106 Å². The van der Waals surface area contributed by atoms with Crippen LogP contribution in [0.4, 0.5) is 5.13 Å². The van der Waals surface area contributed by atoms with Crippen LogP contribution in [-0.2, 0) is 0 Å². The largest absolute Gasteiger partial charge is 0.345 e. The maximum Gasteiger partial charge on any atom is 0.259 e. The van der Waals surface area contributed by atoms with Gasteiger partial charge >= 0.3 is 0 Å². The number of nitrogens with one attached hydrogen (secondary N) is 2. The highest BCUT2D eigenvalue weighted by Gasteiger charge is 2.13. The number of anilines is 1. The molecule has 0 bridgehead atoms. The summed E-state index contributed by atoms with van der Waals surface area (Å²) in [6.45, 7) is 1.84. The van der Waals surface area contributed by atoms with E-state index in [1.165, 1.54) is 11.3 Å². The third kappa shape index (κ3) is 1.84. The highest BCUT2D eigenvalue weighted by atomic mass is 32.1. The highest BCUT2D eigenvalue weighted by molar-refractivity contribution is 7.15. The van der Waals surface area contributed by atoms with Gasteiger partial charge in [-0.3, -0.25) is 10.1 Å². The van der Waals surface area contributed by atoms with Crippen LogP contribution >= 0.6 is 11.3 Å². The number of hydrogen-bond donors (Lipinski definition) is 2. The monoisotopic (exact) mass is 259 g/mol. The van der Waals surface area contributed by atoms with Crippen molar-refractivity contribution in [2.24, 2.45) is 0 Å². The second kappa shape index (κ2) is 4.19. The predicted molar refractivity (Wildman–Crippen MR) is 68.7 cm³/mol. The van der Waals surface area contributed by atoms with E-state index in [9.17, 15) is 4.79 Å². The van der Waals surface area contributed by atoms with Crippen molar-refractivity contribution < 1.29 is 4.79 Å². The van der Waals surface area contributed by atoms with Gasteiger partial charge < -0.3 is 4.98 Å². The first kappa shape index (κ1) is 10.8. The van der Waals surface area contributed by atoms with Crippen LogP contribution in [0.3, 0.4) is 0 Å². The summed E-state index contributed by atoms with van der Waals surface area (Å²) in [6.07, 6.45) is 3.31. The Morgan fingerprint density at radius 1 is 1.44 bits per heavy atom. The van der Waals surface area contributed by atoms with Crippen molar-refractivity contribution in [1.29, 1.82) is 0 Å². The summed E-state index contributed by atoms with van der Waals surface area (Å²) in [6, 6.07) is 3.64. The summed E-state index contributed by atoms with van der Waals surface area (Å²) >= 11 is 1.34. The molecule has 0 aliphatic carbocycles. The zero-order valence-electron chi connectivity index (χ0n) is 9.47. The van der Waals surface area contributed by atoms with Crippen LogP contribution in [0.1, 0.15) is 15.4 Å². The van der Waals surface area contributed by atoms with E-state index in [0.29, 0.717) is 16.3 Å². The van der Waals surface area contributed by atoms with Crippen LogP contribution in [0.15, 0.2) is 24.5 Å². The fourth-order valence-electron chi connectivity index (χ4n) is 1.66. The molecule has 3 aromatic heterocycles. The lowest BCUT2D eigenvalue weighted by atomic mass is 10.2. The second-order valence-electron chi connectivity index (χ2n) is 3.68. The minimum absolute atomic E-state index is 0.217. The van der Waals surface area contributed by atoms with E-state index in [2.05, 4.69) is 25.5 Å². The standard InChI is InChI=1S/C11H9N5OS/c1-6-15-16-11(18-6)14-10(17)8-5-13-9-7(8)3-2-4-12-9/h2-5H,1H3,(H,12,13)(H,14,16,17). The average Bonchev–Trinajstić information content (AvgIpc) is 2.95. The first-order valence-electron chi connectivity index (χ1n) is 5.27. The molecule has 0 fully saturated rings. The number of carbonyl (C=O) groups excluding carboxylic acids is 1. The minimum atomic E-state index is -0.217. The lowest BCUT2D eigenvalue weighted by Crippen LogP contribution is -2.11. The number of nitrogens with zero attached hydrogens (tertiary/aromatic N) is 3. The fraction of sp³-hybridized carbons (Fsp3) is 0.0909. The fourth-order valence-corrected chi connectivity index (χ4v) is 2.24. The summed E-state index contributed by atoms with van der Waals surface area (Å²) in [5.41, 5.74) is 1.24. The van der Waals surface area contributed by atoms with E-state index in [4.69, 9.17) is 0 Å². The second-order valence-corrected chi connectivity index (χ2v) is 4.86. The van der Waals surface area contributed by atoms with Gasteiger partial charge in [0.15, 0.2) is 0 Å². The zero-order chi connectivity index (χ0) is 12.5. The summed E-state index contributed by atoms with van der Waals surface area (Å²) in [5, 5.41) is 12.5. The van der Waals surface area contributed by atoms with Gasteiger partial charge in [0, 0.05) is 17.8 Å². The van der Waals surface area contributed by atoms with Gasteiger partial charge in [-0.15, -0.1) is 10.2 Å². The number of aromatic nitrogens is 4. The molecule has 0 unspecified atom stereocenters. The molecule has 0 aliphatic rings. The first-order chi connectivity index (χ1) is 8.74. The van der Waals surface area contributed by atoms with E-state index in [1.807, 2.05) is 13.0 Å². The quantitative estimate of drug-likeness (QED) is 0.737. The Morgan fingerprint density at radius 2 is 2.33 bits per heavy atom. The minimum Gasteiger partial charge on any atom is -0.345 e. The Kier molecular flexibility index (Phi) is 2.52. The maximum absolute atomic E-state index is 12.1. The Hall–Kier alpha value is -2.28. The first-order valence-corrected chi connectivity index (χ1v) is 6.09. The van der Waals surface area contributed by atoms with Crippen molar-refractivity contribution in [2.75, 3.05) is 5.32 Å². The van der Waals surface area contributed by atoms with E-state index in [-0.39, 0.29) is 5.91 Å². The molecule has 0 saturated heterocycles. The lowest BCUT2D eigenvalue weighted by Gasteiger charge is -1.98. The number of fused-ring (bicyclic) bond motifs is 1. The van der Waals surface area contributed by atoms with Gasteiger partial charge in [-0.1, -0.05) is 11.3 Å². The third-order valence-electron chi connectivity index (χ3n) is 2.44. The molecular weight excluding hydrogens is 250 g/mol. The number of H-pyrrole nitrogens is 1. The van der Waals surface area contributed by atoms with Gasteiger partial charge in [0.1, 0.15) is 10.7 Å². The molecule has 90 valence electrons. The average molecular weight is 259 g/mol. The molecule has 2 N–H and O–H groups in total. The van der Waals surface area contributed by atoms with Crippen molar-refractivity contribution in [3.05, 3.63) is 35.1 Å². The predicted octanol–water partition coefficient (Wildman–Crippen LogP) is 1.98. The molecular formula is C11H9N5OS. The number of rotatable bonds is 2.